The minimum atomic E-state index is -3.75. The fourth-order valence-corrected chi connectivity index (χ4v) is 2.68. The molecule has 0 aliphatic rings. The fourth-order valence-electron chi connectivity index (χ4n) is 1.79. The van der Waals surface area contributed by atoms with Gasteiger partial charge in [-0.3, -0.25) is 8.98 Å². The van der Waals surface area contributed by atoms with Crippen molar-refractivity contribution < 1.29 is 31.6 Å². The lowest BCUT2D eigenvalue weighted by Gasteiger charge is -2.08. The minimum absolute atomic E-state index is 0.0646. The highest BCUT2D eigenvalue weighted by molar-refractivity contribution is 7.86. The van der Waals surface area contributed by atoms with Crippen molar-refractivity contribution in [1.29, 1.82) is 0 Å². The summed E-state index contributed by atoms with van der Waals surface area (Å²) < 4.78 is 44.1. The first kappa shape index (κ1) is 21.6. The van der Waals surface area contributed by atoms with Crippen LogP contribution in [0.15, 0.2) is 29.2 Å². The number of rotatable bonds is 13. The molecule has 1 rings (SSSR count). The average Bonchev–Trinajstić information content (AvgIpc) is 2.57. The molecule has 7 nitrogen and oxygen atoms in total. The van der Waals surface area contributed by atoms with E-state index in [0.717, 1.165) is 12.0 Å². The quantitative estimate of drug-likeness (QED) is 0.297. The predicted octanol–water partition coefficient (Wildman–Crippen LogP) is 2.08. The van der Waals surface area contributed by atoms with E-state index in [-0.39, 0.29) is 30.7 Å². The second-order valence-corrected chi connectivity index (χ2v) is 6.90. The Labute approximate surface area is 149 Å². The molecular weight excluding hydrogens is 348 g/mol. The summed E-state index contributed by atoms with van der Waals surface area (Å²) in [5, 5.41) is 0. The zero-order valence-corrected chi connectivity index (χ0v) is 15.5. The number of aryl methyl sites for hydroxylation is 1. The first-order valence-corrected chi connectivity index (χ1v) is 9.63. The van der Waals surface area contributed by atoms with Crippen molar-refractivity contribution in [3.05, 3.63) is 29.8 Å². The van der Waals surface area contributed by atoms with Gasteiger partial charge in [0.2, 0.25) is 0 Å². The number of carbonyl (C=O) groups is 1. The Balaban J connectivity index is 2.03. The average molecular weight is 374 g/mol. The van der Waals surface area contributed by atoms with Gasteiger partial charge in [0.1, 0.15) is 6.61 Å². The number of benzene rings is 1. The molecule has 0 spiro atoms. The smallest absolute Gasteiger partial charge is 0.305 e. The summed E-state index contributed by atoms with van der Waals surface area (Å²) in [4.78, 5) is 11.2. The Hall–Kier alpha value is -1.48. The summed E-state index contributed by atoms with van der Waals surface area (Å²) in [6, 6.07) is 6.44. The first-order chi connectivity index (χ1) is 12.0. The first-order valence-electron chi connectivity index (χ1n) is 8.23. The Morgan fingerprint density at radius 1 is 0.920 bits per heavy atom. The Bertz CT molecular complexity index is 596. The molecule has 0 fully saturated rings. The van der Waals surface area contributed by atoms with Crippen molar-refractivity contribution >= 4 is 16.1 Å². The summed E-state index contributed by atoms with van der Waals surface area (Å²) in [6.45, 7) is 5.01. The summed E-state index contributed by atoms with van der Waals surface area (Å²) in [5.74, 6) is -0.228. The maximum Gasteiger partial charge on any atom is 0.305 e. The van der Waals surface area contributed by atoms with Crippen LogP contribution in [-0.2, 0) is 33.3 Å². The van der Waals surface area contributed by atoms with Crippen LogP contribution >= 0.6 is 0 Å². The van der Waals surface area contributed by atoms with Gasteiger partial charge in [-0.05, 0) is 25.5 Å². The third-order valence-electron chi connectivity index (χ3n) is 3.09. The van der Waals surface area contributed by atoms with E-state index in [1.165, 1.54) is 12.1 Å². The highest BCUT2D eigenvalue weighted by atomic mass is 32.2. The number of hydrogen-bond acceptors (Lipinski definition) is 7. The van der Waals surface area contributed by atoms with Gasteiger partial charge in [-0.2, -0.15) is 8.42 Å². The molecule has 0 saturated carbocycles. The van der Waals surface area contributed by atoms with Gasteiger partial charge >= 0.3 is 5.97 Å². The van der Waals surface area contributed by atoms with Crippen molar-refractivity contribution in [3.63, 3.8) is 0 Å². The SMILES string of the molecule is CCCC(=O)OCCOCCOCCOS(=O)(=O)c1ccc(C)cc1. The summed E-state index contributed by atoms with van der Waals surface area (Å²) in [5.41, 5.74) is 0.974. The third kappa shape index (κ3) is 9.54. The van der Waals surface area contributed by atoms with Gasteiger partial charge in [0.15, 0.2) is 0 Å². The second kappa shape index (κ2) is 12.0. The highest BCUT2D eigenvalue weighted by Gasteiger charge is 2.14. The molecule has 0 N–H and O–H groups in total. The highest BCUT2D eigenvalue weighted by Crippen LogP contribution is 2.12. The monoisotopic (exact) mass is 374 g/mol. The van der Waals surface area contributed by atoms with Crippen LogP contribution in [0.1, 0.15) is 25.3 Å². The van der Waals surface area contributed by atoms with Gasteiger partial charge in [-0.25, -0.2) is 0 Å². The topological polar surface area (TPSA) is 88.1 Å². The standard InChI is InChI=1S/C17H26O7S/c1-3-4-17(18)23-13-11-21-9-10-22-12-14-24-25(19,20)16-7-5-15(2)6-8-16/h5-8H,3-4,9-14H2,1-2H3. The van der Waals surface area contributed by atoms with Gasteiger partial charge in [0.05, 0.1) is 37.9 Å². The van der Waals surface area contributed by atoms with Crippen LogP contribution in [0.5, 0.6) is 0 Å². The summed E-state index contributed by atoms with van der Waals surface area (Å²) in [6.07, 6.45) is 1.17. The van der Waals surface area contributed by atoms with Gasteiger partial charge in [-0.1, -0.05) is 24.6 Å². The molecule has 0 saturated heterocycles. The zero-order chi connectivity index (χ0) is 18.5. The number of hydrogen-bond donors (Lipinski definition) is 0. The van der Waals surface area contributed by atoms with Gasteiger partial charge in [0.25, 0.3) is 10.1 Å². The maximum atomic E-state index is 11.9. The van der Waals surface area contributed by atoms with E-state index in [0.29, 0.717) is 26.2 Å². The molecule has 142 valence electrons. The summed E-state index contributed by atoms with van der Waals surface area (Å²) >= 11 is 0. The van der Waals surface area contributed by atoms with E-state index in [1.54, 1.807) is 12.1 Å². The number of carbonyl (C=O) groups excluding carboxylic acids is 1. The third-order valence-corrected chi connectivity index (χ3v) is 4.42. The van der Waals surface area contributed by atoms with Gasteiger partial charge in [-0.15, -0.1) is 0 Å². The Morgan fingerprint density at radius 3 is 2.08 bits per heavy atom. The molecule has 0 aliphatic carbocycles. The van der Waals surface area contributed by atoms with E-state index < -0.39 is 10.1 Å². The van der Waals surface area contributed by atoms with Crippen molar-refractivity contribution in [1.82, 2.24) is 0 Å². The van der Waals surface area contributed by atoms with Crippen molar-refractivity contribution in [2.45, 2.75) is 31.6 Å². The Morgan fingerprint density at radius 2 is 1.48 bits per heavy atom. The molecule has 8 heteroatoms. The lowest BCUT2D eigenvalue weighted by molar-refractivity contribution is -0.145. The van der Waals surface area contributed by atoms with Crippen LogP contribution in [0.25, 0.3) is 0 Å². The molecule has 0 atom stereocenters. The largest absolute Gasteiger partial charge is 0.463 e. The molecule has 0 heterocycles. The molecular formula is C17H26O7S. The van der Waals surface area contributed by atoms with Gasteiger partial charge < -0.3 is 14.2 Å². The summed E-state index contributed by atoms with van der Waals surface area (Å²) in [7, 11) is -3.75. The van der Waals surface area contributed by atoms with Crippen molar-refractivity contribution in [2.75, 3.05) is 39.6 Å². The normalized spacial score (nSPS) is 11.4. The van der Waals surface area contributed by atoms with Crippen molar-refractivity contribution in [3.8, 4) is 0 Å². The van der Waals surface area contributed by atoms with Crippen LogP contribution in [0.2, 0.25) is 0 Å². The predicted molar refractivity (Wildman–Crippen MR) is 91.8 cm³/mol. The van der Waals surface area contributed by atoms with Crippen LogP contribution in [0.4, 0.5) is 0 Å². The molecule has 0 unspecified atom stereocenters. The van der Waals surface area contributed by atoms with E-state index in [9.17, 15) is 13.2 Å². The van der Waals surface area contributed by atoms with E-state index in [4.69, 9.17) is 18.4 Å². The zero-order valence-electron chi connectivity index (χ0n) is 14.7. The fraction of sp³-hybridized carbons (Fsp3) is 0.588. The van der Waals surface area contributed by atoms with Crippen LogP contribution in [0.3, 0.4) is 0 Å². The molecule has 0 aliphatic heterocycles. The van der Waals surface area contributed by atoms with E-state index in [2.05, 4.69) is 0 Å². The van der Waals surface area contributed by atoms with Crippen molar-refractivity contribution in [2.24, 2.45) is 0 Å². The van der Waals surface area contributed by atoms with Crippen LogP contribution < -0.4 is 0 Å². The molecule has 0 aromatic heterocycles. The number of ether oxygens (including phenoxy) is 3. The second-order valence-electron chi connectivity index (χ2n) is 5.28. The molecule has 0 bridgehead atoms. The number of esters is 1. The molecule has 1 aromatic rings. The minimum Gasteiger partial charge on any atom is -0.463 e. The van der Waals surface area contributed by atoms with Crippen LogP contribution in [-0.4, -0.2) is 54.0 Å². The van der Waals surface area contributed by atoms with Crippen LogP contribution in [0, 0.1) is 6.92 Å². The lowest BCUT2D eigenvalue weighted by Crippen LogP contribution is -2.15. The van der Waals surface area contributed by atoms with E-state index >= 15 is 0 Å². The van der Waals surface area contributed by atoms with E-state index in [1.807, 2.05) is 13.8 Å². The molecule has 25 heavy (non-hydrogen) atoms. The van der Waals surface area contributed by atoms with Gasteiger partial charge in [0, 0.05) is 6.42 Å². The molecule has 1 aromatic carbocycles. The molecule has 0 amide bonds. The maximum absolute atomic E-state index is 11.9. The Kier molecular flexibility index (Phi) is 10.3. The lowest BCUT2D eigenvalue weighted by atomic mass is 10.2. The molecule has 0 radical (unpaired) electrons.